The maximum atomic E-state index is 13.1. The van der Waals surface area contributed by atoms with Crippen LogP contribution >= 0.6 is 0 Å². The minimum absolute atomic E-state index is 0.133. The molecular weight excluding hydrogens is 362 g/mol. The summed E-state index contributed by atoms with van der Waals surface area (Å²) >= 11 is 0. The highest BCUT2D eigenvalue weighted by molar-refractivity contribution is 7.90. The minimum Gasteiger partial charge on any atom is -0.493 e. The summed E-state index contributed by atoms with van der Waals surface area (Å²) in [7, 11) is -3.84. The van der Waals surface area contributed by atoms with Crippen LogP contribution in [0.25, 0.3) is 11.0 Å². The molecule has 1 heterocycles. The molecule has 0 aliphatic carbocycles. The topological polar surface area (TPSA) is 74.1 Å². The Morgan fingerprint density at radius 2 is 1.89 bits per heavy atom. The molecule has 6 nitrogen and oxygen atoms in total. The van der Waals surface area contributed by atoms with Crippen molar-refractivity contribution in [2.45, 2.75) is 50.8 Å². The van der Waals surface area contributed by atoms with Gasteiger partial charge in [0.15, 0.2) is 0 Å². The van der Waals surface area contributed by atoms with E-state index in [1.807, 2.05) is 13.8 Å². The highest BCUT2D eigenvalue weighted by atomic mass is 32.2. The molecule has 0 saturated carbocycles. The second kappa shape index (κ2) is 8.08. The Balaban J connectivity index is 1.97. The van der Waals surface area contributed by atoms with Crippen LogP contribution in [0.3, 0.4) is 0 Å². The Bertz CT molecular complexity index is 1030. The Morgan fingerprint density at radius 1 is 1.11 bits per heavy atom. The van der Waals surface area contributed by atoms with E-state index in [1.54, 1.807) is 42.5 Å². The summed E-state index contributed by atoms with van der Waals surface area (Å²) in [6, 6.07) is 12.0. The van der Waals surface area contributed by atoms with Gasteiger partial charge in [0, 0.05) is 0 Å². The molecule has 3 rings (SSSR count). The van der Waals surface area contributed by atoms with Crippen molar-refractivity contribution in [3.63, 3.8) is 0 Å². The molecule has 0 radical (unpaired) electrons. The zero-order chi connectivity index (χ0) is 19.4. The van der Waals surface area contributed by atoms with Crippen molar-refractivity contribution < 1.29 is 13.2 Å². The van der Waals surface area contributed by atoms with E-state index in [9.17, 15) is 8.42 Å². The summed E-state index contributed by atoms with van der Waals surface area (Å²) < 4.78 is 33.1. The molecule has 0 fully saturated rings. The van der Waals surface area contributed by atoms with Crippen molar-refractivity contribution in [2.24, 2.45) is 0 Å². The molecule has 0 N–H and O–H groups in total. The van der Waals surface area contributed by atoms with Gasteiger partial charge in [-0.15, -0.1) is 9.19 Å². The third kappa shape index (κ3) is 3.98. The third-order valence-corrected chi connectivity index (χ3v) is 6.03. The SMILES string of the molecule is CCCCCOc1ccc(S(=O)(=O)n2nnc3ccccc32)cc1C(C)C. The van der Waals surface area contributed by atoms with E-state index >= 15 is 0 Å². The first-order chi connectivity index (χ1) is 12.9. The van der Waals surface area contributed by atoms with E-state index in [4.69, 9.17) is 4.74 Å². The Morgan fingerprint density at radius 3 is 2.63 bits per heavy atom. The Labute approximate surface area is 160 Å². The summed E-state index contributed by atoms with van der Waals surface area (Å²) in [5.41, 5.74) is 1.88. The van der Waals surface area contributed by atoms with Crippen molar-refractivity contribution in [3.05, 3.63) is 48.0 Å². The predicted octanol–water partition coefficient (Wildman–Crippen LogP) is 4.36. The molecule has 0 bridgehead atoms. The number of ether oxygens (including phenoxy) is 1. The van der Waals surface area contributed by atoms with Crippen LogP contribution in [0.15, 0.2) is 47.4 Å². The first-order valence-electron chi connectivity index (χ1n) is 9.28. The molecule has 0 saturated heterocycles. The normalized spacial score (nSPS) is 12.0. The molecule has 0 amide bonds. The number of aromatic nitrogens is 3. The van der Waals surface area contributed by atoms with Gasteiger partial charge in [-0.2, -0.15) is 8.42 Å². The van der Waals surface area contributed by atoms with Gasteiger partial charge in [0.2, 0.25) is 0 Å². The van der Waals surface area contributed by atoms with E-state index in [2.05, 4.69) is 17.2 Å². The van der Waals surface area contributed by atoms with Crippen LogP contribution in [0.4, 0.5) is 0 Å². The number of para-hydroxylation sites is 1. The molecule has 2 aromatic carbocycles. The minimum atomic E-state index is -3.84. The summed E-state index contributed by atoms with van der Waals surface area (Å²) in [5.74, 6) is 0.873. The quantitative estimate of drug-likeness (QED) is 0.537. The van der Waals surface area contributed by atoms with Crippen molar-refractivity contribution >= 4 is 21.1 Å². The smallest absolute Gasteiger partial charge is 0.284 e. The highest BCUT2D eigenvalue weighted by Crippen LogP contribution is 2.30. The van der Waals surface area contributed by atoms with Gasteiger partial charge in [0.1, 0.15) is 16.8 Å². The summed E-state index contributed by atoms with van der Waals surface area (Å²) in [6.07, 6.45) is 3.23. The molecule has 0 aliphatic rings. The fourth-order valence-corrected chi connectivity index (χ4v) is 4.19. The fraction of sp³-hybridized carbons (Fsp3) is 0.400. The van der Waals surface area contributed by atoms with Crippen LogP contribution < -0.4 is 4.74 Å². The van der Waals surface area contributed by atoms with Crippen molar-refractivity contribution in [1.29, 1.82) is 0 Å². The summed E-state index contributed by atoms with van der Waals surface area (Å²) in [6.45, 7) is 6.82. The van der Waals surface area contributed by atoms with Crippen molar-refractivity contribution in [1.82, 2.24) is 14.4 Å². The first-order valence-corrected chi connectivity index (χ1v) is 10.7. The zero-order valence-corrected chi connectivity index (χ0v) is 16.7. The van der Waals surface area contributed by atoms with Crippen LogP contribution in [-0.4, -0.2) is 29.4 Å². The lowest BCUT2D eigenvalue weighted by Crippen LogP contribution is -2.15. The lowest BCUT2D eigenvalue weighted by atomic mass is 10.0. The van der Waals surface area contributed by atoms with Crippen molar-refractivity contribution in [2.75, 3.05) is 6.61 Å². The van der Waals surface area contributed by atoms with Crippen LogP contribution in [0.1, 0.15) is 51.5 Å². The molecule has 0 unspecified atom stereocenters. The maximum Gasteiger partial charge on any atom is 0.284 e. The number of hydrogen-bond donors (Lipinski definition) is 0. The van der Waals surface area contributed by atoms with Gasteiger partial charge < -0.3 is 4.74 Å². The van der Waals surface area contributed by atoms with Crippen LogP contribution in [0.2, 0.25) is 0 Å². The summed E-state index contributed by atoms with van der Waals surface area (Å²) in [5, 5.41) is 7.81. The van der Waals surface area contributed by atoms with Crippen molar-refractivity contribution in [3.8, 4) is 5.75 Å². The van der Waals surface area contributed by atoms with E-state index in [0.29, 0.717) is 17.6 Å². The molecule has 0 spiro atoms. The second-order valence-electron chi connectivity index (χ2n) is 6.84. The average Bonchev–Trinajstić information content (AvgIpc) is 3.10. The molecule has 7 heteroatoms. The molecule has 3 aromatic rings. The van der Waals surface area contributed by atoms with E-state index in [-0.39, 0.29) is 10.8 Å². The van der Waals surface area contributed by atoms with Crippen LogP contribution in [0, 0.1) is 0 Å². The van der Waals surface area contributed by atoms with Gasteiger partial charge >= 0.3 is 0 Å². The number of nitrogens with zero attached hydrogens (tertiary/aromatic N) is 3. The monoisotopic (exact) mass is 387 g/mol. The summed E-state index contributed by atoms with van der Waals surface area (Å²) in [4.78, 5) is 0.183. The Kier molecular flexibility index (Phi) is 5.79. The first kappa shape index (κ1) is 19.4. The molecule has 1 aromatic heterocycles. The van der Waals surface area contributed by atoms with Gasteiger partial charge in [-0.1, -0.05) is 51.0 Å². The molecule has 144 valence electrons. The number of benzene rings is 2. The Hall–Kier alpha value is -2.41. The van der Waals surface area contributed by atoms with Crippen LogP contribution in [-0.2, 0) is 10.0 Å². The highest BCUT2D eigenvalue weighted by Gasteiger charge is 2.23. The number of unbranched alkanes of at least 4 members (excludes halogenated alkanes) is 2. The van der Waals surface area contributed by atoms with E-state index < -0.39 is 10.0 Å². The van der Waals surface area contributed by atoms with E-state index in [0.717, 1.165) is 34.7 Å². The van der Waals surface area contributed by atoms with Gasteiger partial charge in [0.05, 0.1) is 11.5 Å². The third-order valence-electron chi connectivity index (χ3n) is 4.46. The molecule has 27 heavy (non-hydrogen) atoms. The van der Waals surface area contributed by atoms with E-state index in [1.165, 1.54) is 0 Å². The fourth-order valence-electron chi connectivity index (χ4n) is 2.93. The maximum absolute atomic E-state index is 13.1. The van der Waals surface area contributed by atoms with Gasteiger partial charge in [-0.25, -0.2) is 0 Å². The lowest BCUT2D eigenvalue weighted by molar-refractivity contribution is 0.302. The average molecular weight is 388 g/mol. The van der Waals surface area contributed by atoms with Crippen LogP contribution in [0.5, 0.6) is 5.75 Å². The number of rotatable bonds is 8. The molecular formula is C20H25N3O3S. The standard InChI is InChI=1S/C20H25N3O3S/c1-4-5-8-13-26-20-12-11-16(14-17(20)15(2)3)27(24,25)23-19-10-7-6-9-18(19)21-22-23/h6-7,9-12,14-15H,4-5,8,13H2,1-3H3. The predicted molar refractivity (Wildman–Crippen MR) is 106 cm³/mol. The van der Waals surface area contributed by atoms with Gasteiger partial charge in [-0.05, 0) is 48.2 Å². The van der Waals surface area contributed by atoms with Gasteiger partial charge in [-0.3, -0.25) is 0 Å². The van der Waals surface area contributed by atoms with Gasteiger partial charge in [0.25, 0.3) is 10.0 Å². The largest absolute Gasteiger partial charge is 0.493 e. The zero-order valence-electron chi connectivity index (χ0n) is 15.9. The lowest BCUT2D eigenvalue weighted by Gasteiger charge is -2.16. The molecule has 0 atom stereocenters. The molecule has 0 aliphatic heterocycles. The number of fused-ring (bicyclic) bond motifs is 1. The number of hydrogen-bond acceptors (Lipinski definition) is 5. The second-order valence-corrected chi connectivity index (χ2v) is 8.60.